The predicted octanol–water partition coefficient (Wildman–Crippen LogP) is 3.10. The third-order valence-corrected chi connectivity index (χ3v) is 7.81. The third-order valence-electron chi connectivity index (χ3n) is 7.46. The topological polar surface area (TPSA) is 103 Å². The maximum Gasteiger partial charge on any atom is 0.336 e. The van der Waals surface area contributed by atoms with Gasteiger partial charge in [0.2, 0.25) is 5.91 Å². The number of rotatable bonds is 8. The molecule has 0 aliphatic carbocycles. The Kier molecular flexibility index (Phi) is 7.95. The number of aromatic nitrogens is 4. The number of carbonyl (C=O) groups is 1. The van der Waals surface area contributed by atoms with Crippen molar-refractivity contribution in [2.45, 2.75) is 37.8 Å². The highest BCUT2D eigenvalue weighted by molar-refractivity contribution is 6.31. The van der Waals surface area contributed by atoms with Gasteiger partial charge in [-0.05, 0) is 44.6 Å². The molecule has 2 saturated heterocycles. The summed E-state index contributed by atoms with van der Waals surface area (Å²) in [5.74, 6) is -0.0913. The van der Waals surface area contributed by atoms with Crippen LogP contribution in [0.15, 0.2) is 37.1 Å². The fourth-order valence-electron chi connectivity index (χ4n) is 5.27. The van der Waals surface area contributed by atoms with Crippen molar-refractivity contribution >= 4 is 29.0 Å². The average molecular weight is 553 g/mol. The van der Waals surface area contributed by atoms with Crippen LogP contribution in [0.2, 0.25) is 5.02 Å². The number of fused-ring (bicyclic) bond motifs is 1. The van der Waals surface area contributed by atoms with E-state index < -0.39 is 5.82 Å². The zero-order valence-electron chi connectivity index (χ0n) is 21.8. The van der Waals surface area contributed by atoms with Crippen molar-refractivity contribution in [3.05, 3.63) is 59.1 Å². The molecule has 0 N–H and O–H groups in total. The lowest BCUT2D eigenvalue weighted by atomic mass is 10.1. The van der Waals surface area contributed by atoms with Gasteiger partial charge in [0.25, 0.3) is 0 Å². The van der Waals surface area contributed by atoms with Crippen molar-refractivity contribution < 1.29 is 13.9 Å². The Balaban J connectivity index is 1.51. The van der Waals surface area contributed by atoms with Gasteiger partial charge in [-0.2, -0.15) is 10.2 Å². The molecular formula is C27H30ClFN8O2. The minimum atomic E-state index is -0.408. The van der Waals surface area contributed by atoms with Gasteiger partial charge in [0.15, 0.2) is 11.5 Å². The van der Waals surface area contributed by atoms with E-state index in [0.29, 0.717) is 54.0 Å². The summed E-state index contributed by atoms with van der Waals surface area (Å²) in [6, 6.07) is 6.87. The number of hydrogen-bond donors (Lipinski definition) is 0. The van der Waals surface area contributed by atoms with Gasteiger partial charge in [-0.25, -0.2) is 13.9 Å². The Hall–Kier alpha value is -3.75. The fraction of sp³-hybridized carbons (Fsp3) is 0.444. The van der Waals surface area contributed by atoms with Gasteiger partial charge in [-0.3, -0.25) is 4.79 Å². The number of imidazole rings is 1. The maximum atomic E-state index is 14.6. The van der Waals surface area contributed by atoms with Crippen molar-refractivity contribution in [2.75, 3.05) is 44.7 Å². The van der Waals surface area contributed by atoms with Crippen molar-refractivity contribution in [1.29, 1.82) is 5.26 Å². The molecule has 0 saturated carbocycles. The Morgan fingerprint density at radius 1 is 1.33 bits per heavy atom. The monoisotopic (exact) mass is 552 g/mol. The second kappa shape index (κ2) is 11.6. The van der Waals surface area contributed by atoms with E-state index >= 15 is 0 Å². The molecule has 204 valence electrons. The summed E-state index contributed by atoms with van der Waals surface area (Å²) in [7, 11) is 2.07. The van der Waals surface area contributed by atoms with E-state index in [0.717, 1.165) is 19.4 Å². The fourth-order valence-corrected chi connectivity index (χ4v) is 5.50. The van der Waals surface area contributed by atoms with Crippen LogP contribution in [0.5, 0.6) is 6.01 Å². The molecule has 1 amide bonds. The number of nitrogens with zero attached hydrogens (tertiary/aromatic N) is 8. The van der Waals surface area contributed by atoms with E-state index in [2.05, 4.69) is 34.7 Å². The standard InChI is InChI=1S/C27H30ClFN8O2/c1-3-24(38)36-13-12-35(16-18(36)9-10-30)26-25-31-15-20(14-21-22(28)7-4-8-23(21)29)37(25)33-27(32-26)39-17-19-6-5-11-34(19)2/h3-4,7-8,15,18-19H,1,5-6,9,11-14,16-17H2,2H3/t18-,19-/m0/s1. The molecule has 0 spiro atoms. The highest BCUT2D eigenvalue weighted by Gasteiger charge is 2.32. The first kappa shape index (κ1) is 26.8. The molecular weight excluding hydrogens is 523 g/mol. The first-order chi connectivity index (χ1) is 18.9. The van der Waals surface area contributed by atoms with Gasteiger partial charge in [0.1, 0.15) is 12.4 Å². The molecule has 0 unspecified atom stereocenters. The van der Waals surface area contributed by atoms with Crippen LogP contribution in [-0.4, -0.2) is 87.2 Å². The van der Waals surface area contributed by atoms with Gasteiger partial charge in [-0.1, -0.05) is 24.2 Å². The summed E-state index contributed by atoms with van der Waals surface area (Å²) in [6.07, 6.45) is 5.38. The number of carbonyl (C=O) groups excluding carboxylic acids is 1. The Bertz CT molecular complexity index is 1400. The van der Waals surface area contributed by atoms with Gasteiger partial charge in [0, 0.05) is 42.7 Å². The number of likely N-dealkylation sites (N-methyl/N-ethyl adjacent to an activating group) is 1. The van der Waals surface area contributed by atoms with E-state index in [1.54, 1.807) is 27.7 Å². The van der Waals surface area contributed by atoms with E-state index in [-0.39, 0.29) is 36.8 Å². The number of amides is 1. The lowest BCUT2D eigenvalue weighted by Crippen LogP contribution is -2.55. The van der Waals surface area contributed by atoms with Crippen LogP contribution in [0.25, 0.3) is 5.65 Å². The van der Waals surface area contributed by atoms with E-state index in [1.807, 2.05) is 4.90 Å². The van der Waals surface area contributed by atoms with Gasteiger partial charge in [0.05, 0.1) is 30.4 Å². The second-order valence-electron chi connectivity index (χ2n) is 9.87. The van der Waals surface area contributed by atoms with Crippen molar-refractivity contribution in [3.63, 3.8) is 0 Å². The van der Waals surface area contributed by atoms with Crippen LogP contribution in [-0.2, 0) is 11.2 Å². The molecule has 2 fully saturated rings. The molecule has 1 aromatic carbocycles. The van der Waals surface area contributed by atoms with Crippen LogP contribution in [0.1, 0.15) is 30.5 Å². The highest BCUT2D eigenvalue weighted by Crippen LogP contribution is 2.28. The molecule has 0 radical (unpaired) electrons. The lowest BCUT2D eigenvalue weighted by molar-refractivity contribution is -0.128. The van der Waals surface area contributed by atoms with Crippen LogP contribution < -0.4 is 9.64 Å². The number of anilines is 1. The van der Waals surface area contributed by atoms with Gasteiger partial charge in [-0.15, -0.1) is 5.10 Å². The van der Waals surface area contributed by atoms with E-state index in [4.69, 9.17) is 21.3 Å². The van der Waals surface area contributed by atoms with Crippen LogP contribution in [0.4, 0.5) is 10.2 Å². The number of likely N-dealkylation sites (tertiary alicyclic amines) is 1. The first-order valence-corrected chi connectivity index (χ1v) is 13.3. The maximum absolute atomic E-state index is 14.6. The number of benzene rings is 1. The number of ether oxygens (including phenoxy) is 1. The number of hydrogen-bond acceptors (Lipinski definition) is 8. The molecule has 3 aromatic rings. The molecule has 0 bridgehead atoms. The summed E-state index contributed by atoms with van der Waals surface area (Å²) >= 11 is 6.31. The summed E-state index contributed by atoms with van der Waals surface area (Å²) in [5.41, 5.74) is 1.45. The van der Waals surface area contributed by atoms with Crippen LogP contribution >= 0.6 is 11.6 Å². The van der Waals surface area contributed by atoms with E-state index in [9.17, 15) is 14.4 Å². The number of piperazine rings is 1. The molecule has 2 aliphatic rings. The minimum absolute atomic E-state index is 0.167. The van der Waals surface area contributed by atoms with Crippen LogP contribution in [0.3, 0.4) is 0 Å². The molecule has 39 heavy (non-hydrogen) atoms. The normalized spacial score (nSPS) is 19.8. The third kappa shape index (κ3) is 5.53. The summed E-state index contributed by atoms with van der Waals surface area (Å²) in [6.45, 7) is 6.29. The molecule has 10 nitrogen and oxygen atoms in total. The minimum Gasteiger partial charge on any atom is -0.461 e. The SMILES string of the molecule is C=CC(=O)N1CCN(c2nc(OC[C@@H]3CCCN3C)nn3c(Cc4c(F)cccc4Cl)cnc23)C[C@@H]1CC#N. The summed E-state index contributed by atoms with van der Waals surface area (Å²) < 4.78 is 22.3. The summed E-state index contributed by atoms with van der Waals surface area (Å²) in [4.78, 5) is 27.6. The Morgan fingerprint density at radius 2 is 2.18 bits per heavy atom. The van der Waals surface area contributed by atoms with Gasteiger partial charge < -0.3 is 19.4 Å². The van der Waals surface area contributed by atoms with Crippen molar-refractivity contribution in [3.8, 4) is 12.1 Å². The number of halogens is 2. The smallest absolute Gasteiger partial charge is 0.336 e. The van der Waals surface area contributed by atoms with Crippen molar-refractivity contribution in [1.82, 2.24) is 29.4 Å². The first-order valence-electron chi connectivity index (χ1n) is 12.9. The molecule has 4 heterocycles. The number of nitriles is 1. The Morgan fingerprint density at radius 3 is 2.90 bits per heavy atom. The second-order valence-corrected chi connectivity index (χ2v) is 10.3. The molecule has 2 atom stereocenters. The summed E-state index contributed by atoms with van der Waals surface area (Å²) in [5, 5.41) is 14.4. The zero-order valence-corrected chi connectivity index (χ0v) is 22.5. The van der Waals surface area contributed by atoms with E-state index in [1.165, 1.54) is 12.1 Å². The average Bonchev–Trinajstić information content (AvgIpc) is 3.54. The largest absolute Gasteiger partial charge is 0.461 e. The highest BCUT2D eigenvalue weighted by atomic mass is 35.5. The molecule has 5 rings (SSSR count). The quantitative estimate of drug-likeness (QED) is 0.393. The van der Waals surface area contributed by atoms with Gasteiger partial charge >= 0.3 is 6.01 Å². The zero-order chi connectivity index (χ0) is 27.5. The molecule has 12 heteroatoms. The predicted molar refractivity (Wildman–Crippen MR) is 144 cm³/mol. The molecule has 2 aromatic heterocycles. The molecule has 2 aliphatic heterocycles. The van der Waals surface area contributed by atoms with Crippen LogP contribution in [0, 0.1) is 17.1 Å². The lowest BCUT2D eigenvalue weighted by Gasteiger charge is -2.40. The van der Waals surface area contributed by atoms with Crippen molar-refractivity contribution in [2.24, 2.45) is 0 Å². The Labute approximate surface area is 231 Å².